The van der Waals surface area contributed by atoms with Crippen LogP contribution in [0.2, 0.25) is 0 Å². The summed E-state index contributed by atoms with van der Waals surface area (Å²) < 4.78 is 6.52. The van der Waals surface area contributed by atoms with Gasteiger partial charge in [-0.05, 0) is 82.1 Å². The van der Waals surface area contributed by atoms with Crippen LogP contribution >= 0.6 is 0 Å². The molecule has 0 unspecified atom stereocenters. The first-order valence-electron chi connectivity index (χ1n) is 12.3. The molecular formula is C33H29NO. The van der Waals surface area contributed by atoms with Crippen molar-refractivity contribution in [1.82, 2.24) is 4.98 Å². The minimum Gasteiger partial charge on any atom is -0.455 e. The Morgan fingerprint density at radius 1 is 0.743 bits per heavy atom. The van der Waals surface area contributed by atoms with Gasteiger partial charge in [0.15, 0.2) is 0 Å². The molecule has 0 saturated carbocycles. The summed E-state index contributed by atoms with van der Waals surface area (Å²) in [5, 5.41) is 4.76. The van der Waals surface area contributed by atoms with Crippen LogP contribution in [0.4, 0.5) is 0 Å². The molecule has 0 bridgehead atoms. The van der Waals surface area contributed by atoms with E-state index in [1.165, 1.54) is 27.5 Å². The molecule has 6 aromatic rings. The van der Waals surface area contributed by atoms with Gasteiger partial charge in [0.2, 0.25) is 0 Å². The maximum Gasteiger partial charge on any atom is 0.144 e. The van der Waals surface area contributed by atoms with Crippen LogP contribution in [0, 0.1) is 12.3 Å². The molecule has 2 aromatic heterocycles. The van der Waals surface area contributed by atoms with Crippen LogP contribution in [0.1, 0.15) is 31.9 Å². The first kappa shape index (κ1) is 21.6. The first-order chi connectivity index (χ1) is 16.9. The third-order valence-corrected chi connectivity index (χ3v) is 6.79. The number of pyridine rings is 1. The molecule has 172 valence electrons. The molecule has 0 saturated heterocycles. The number of furan rings is 1. The smallest absolute Gasteiger partial charge is 0.144 e. The molecule has 0 atom stereocenters. The summed E-state index contributed by atoms with van der Waals surface area (Å²) >= 11 is 0. The lowest BCUT2D eigenvalue weighted by molar-refractivity contribution is 0.410. The minimum atomic E-state index is 0.216. The highest BCUT2D eigenvalue weighted by molar-refractivity contribution is 6.10. The second kappa shape index (κ2) is 8.09. The molecule has 2 heterocycles. The van der Waals surface area contributed by atoms with Gasteiger partial charge >= 0.3 is 0 Å². The maximum absolute atomic E-state index is 6.52. The van der Waals surface area contributed by atoms with Gasteiger partial charge in [0, 0.05) is 22.5 Å². The number of hydrogen-bond donors (Lipinski definition) is 0. The van der Waals surface area contributed by atoms with Gasteiger partial charge < -0.3 is 4.42 Å². The Labute approximate surface area is 206 Å². The molecule has 0 aliphatic carbocycles. The zero-order valence-electron chi connectivity index (χ0n) is 20.7. The van der Waals surface area contributed by atoms with Crippen LogP contribution in [0.15, 0.2) is 95.5 Å². The maximum atomic E-state index is 6.52. The van der Waals surface area contributed by atoms with Crippen molar-refractivity contribution < 1.29 is 4.42 Å². The Kier molecular flexibility index (Phi) is 5.00. The van der Waals surface area contributed by atoms with E-state index in [0.717, 1.165) is 45.2 Å². The molecule has 0 radical (unpaired) electrons. The van der Waals surface area contributed by atoms with Crippen LogP contribution < -0.4 is 0 Å². The molecule has 35 heavy (non-hydrogen) atoms. The Bertz CT molecular complexity index is 1720. The van der Waals surface area contributed by atoms with Crippen molar-refractivity contribution in [3.63, 3.8) is 0 Å². The summed E-state index contributed by atoms with van der Waals surface area (Å²) in [7, 11) is 0. The molecule has 0 aliphatic heterocycles. The molecular weight excluding hydrogens is 426 g/mol. The fraction of sp³-hybridized carbons (Fsp3) is 0.182. The van der Waals surface area contributed by atoms with Crippen LogP contribution in [0.5, 0.6) is 0 Å². The average molecular weight is 456 g/mol. The predicted octanol–water partition coefficient (Wildman–Crippen LogP) is 9.37. The summed E-state index contributed by atoms with van der Waals surface area (Å²) in [6.07, 6.45) is 3.01. The lowest BCUT2D eigenvalue weighted by Crippen LogP contribution is -2.10. The van der Waals surface area contributed by atoms with Crippen molar-refractivity contribution in [3.05, 3.63) is 102 Å². The van der Waals surface area contributed by atoms with E-state index >= 15 is 0 Å². The predicted molar refractivity (Wildman–Crippen MR) is 148 cm³/mol. The zero-order valence-corrected chi connectivity index (χ0v) is 20.7. The first-order valence-corrected chi connectivity index (χ1v) is 12.3. The van der Waals surface area contributed by atoms with E-state index in [0.29, 0.717) is 0 Å². The Hall–Kier alpha value is -3.91. The summed E-state index contributed by atoms with van der Waals surface area (Å²) in [5.74, 6) is 0. The van der Waals surface area contributed by atoms with Gasteiger partial charge in [-0.3, -0.25) is 4.98 Å². The van der Waals surface area contributed by atoms with Gasteiger partial charge in [-0.25, -0.2) is 0 Å². The molecule has 0 spiro atoms. The van der Waals surface area contributed by atoms with E-state index in [2.05, 4.69) is 113 Å². The number of aryl methyl sites for hydroxylation is 1. The summed E-state index contributed by atoms with van der Waals surface area (Å²) in [6, 6.07) is 30.2. The fourth-order valence-electron chi connectivity index (χ4n) is 5.02. The standard InChI is InChI=1S/C33H29NO/c1-21-20-34-30(17-26(21)19-33(2,3)4)29-11-7-10-28-27-15-14-25(18-31(27)35-32(28)29)24-13-12-22-8-5-6-9-23(22)16-24/h5-18,20H,19H2,1-4H3. The van der Waals surface area contributed by atoms with E-state index < -0.39 is 0 Å². The number of rotatable bonds is 3. The van der Waals surface area contributed by atoms with Crippen LogP contribution in [0.25, 0.3) is 55.1 Å². The second-order valence-corrected chi connectivity index (χ2v) is 10.8. The SMILES string of the molecule is Cc1cnc(-c2cccc3c2oc2cc(-c4ccc5ccccc5c4)ccc23)cc1CC(C)(C)C. The Morgan fingerprint density at radius 3 is 2.34 bits per heavy atom. The number of hydrogen-bond acceptors (Lipinski definition) is 2. The molecule has 2 heteroatoms. The summed E-state index contributed by atoms with van der Waals surface area (Å²) in [5.41, 5.74) is 8.96. The van der Waals surface area contributed by atoms with E-state index in [9.17, 15) is 0 Å². The van der Waals surface area contributed by atoms with Crippen LogP contribution in [0.3, 0.4) is 0 Å². The zero-order chi connectivity index (χ0) is 24.2. The van der Waals surface area contributed by atoms with E-state index in [-0.39, 0.29) is 5.41 Å². The molecule has 0 fully saturated rings. The van der Waals surface area contributed by atoms with Crippen molar-refractivity contribution >= 4 is 32.7 Å². The molecule has 2 nitrogen and oxygen atoms in total. The highest BCUT2D eigenvalue weighted by Gasteiger charge is 2.17. The lowest BCUT2D eigenvalue weighted by atomic mass is 9.86. The molecule has 0 aliphatic rings. The van der Waals surface area contributed by atoms with Gasteiger partial charge in [0.1, 0.15) is 11.2 Å². The third-order valence-electron chi connectivity index (χ3n) is 6.79. The van der Waals surface area contributed by atoms with Gasteiger partial charge in [-0.2, -0.15) is 0 Å². The molecule has 0 amide bonds. The Morgan fingerprint density at radius 2 is 1.51 bits per heavy atom. The van der Waals surface area contributed by atoms with Crippen molar-refractivity contribution in [2.24, 2.45) is 5.41 Å². The van der Waals surface area contributed by atoms with Crippen molar-refractivity contribution in [2.75, 3.05) is 0 Å². The summed E-state index contributed by atoms with van der Waals surface area (Å²) in [4.78, 5) is 4.79. The van der Waals surface area contributed by atoms with Crippen molar-refractivity contribution in [2.45, 2.75) is 34.1 Å². The normalized spacial score (nSPS) is 12.1. The number of para-hydroxylation sites is 1. The van der Waals surface area contributed by atoms with Gasteiger partial charge in [0.05, 0.1) is 5.69 Å². The number of fused-ring (bicyclic) bond motifs is 4. The summed E-state index contributed by atoms with van der Waals surface area (Å²) in [6.45, 7) is 8.98. The lowest BCUT2D eigenvalue weighted by Gasteiger charge is -2.20. The minimum absolute atomic E-state index is 0.216. The second-order valence-electron chi connectivity index (χ2n) is 10.8. The molecule has 6 rings (SSSR count). The monoisotopic (exact) mass is 455 g/mol. The number of aromatic nitrogens is 1. The van der Waals surface area contributed by atoms with Crippen molar-refractivity contribution in [3.8, 4) is 22.4 Å². The molecule has 4 aromatic carbocycles. The largest absolute Gasteiger partial charge is 0.455 e. The fourth-order valence-corrected chi connectivity index (χ4v) is 5.02. The average Bonchev–Trinajstić information content (AvgIpc) is 3.22. The van der Waals surface area contributed by atoms with E-state index in [4.69, 9.17) is 9.40 Å². The Balaban J connectivity index is 1.47. The van der Waals surface area contributed by atoms with Crippen LogP contribution in [-0.4, -0.2) is 4.98 Å². The highest BCUT2D eigenvalue weighted by Crippen LogP contribution is 2.38. The van der Waals surface area contributed by atoms with Crippen molar-refractivity contribution in [1.29, 1.82) is 0 Å². The number of benzene rings is 4. The third kappa shape index (κ3) is 4.00. The van der Waals surface area contributed by atoms with Crippen LogP contribution in [-0.2, 0) is 6.42 Å². The highest BCUT2D eigenvalue weighted by atomic mass is 16.3. The quantitative estimate of drug-likeness (QED) is 0.266. The van der Waals surface area contributed by atoms with E-state index in [1.54, 1.807) is 0 Å². The van der Waals surface area contributed by atoms with Gasteiger partial charge in [-0.1, -0.05) is 75.4 Å². The van der Waals surface area contributed by atoms with Gasteiger partial charge in [-0.15, -0.1) is 0 Å². The molecule has 0 N–H and O–H groups in total. The van der Waals surface area contributed by atoms with E-state index in [1.807, 2.05) is 6.20 Å². The topological polar surface area (TPSA) is 26.0 Å². The number of nitrogens with zero attached hydrogens (tertiary/aromatic N) is 1. The van der Waals surface area contributed by atoms with Gasteiger partial charge in [0.25, 0.3) is 0 Å².